The lowest BCUT2D eigenvalue weighted by molar-refractivity contribution is 0.940. The summed E-state index contributed by atoms with van der Waals surface area (Å²) in [6.45, 7) is 8.57. The maximum Gasteiger partial charge on any atom is 0.0464 e. The Morgan fingerprint density at radius 2 is 0.538 bits per heavy atom. The molecule has 0 unspecified atom stereocenters. The van der Waals surface area contributed by atoms with Gasteiger partial charge in [0.25, 0.3) is 0 Å². The fourth-order valence-electron chi connectivity index (χ4n) is 6.89. The second kappa shape index (κ2) is 16.0. The molecule has 0 spiro atoms. The normalized spacial score (nSPS) is 11.0. The second-order valence-corrected chi connectivity index (χ2v) is 14.2. The van der Waals surface area contributed by atoms with Gasteiger partial charge in [0.15, 0.2) is 0 Å². The zero-order valence-electron chi connectivity index (χ0n) is 30.9. The topological polar surface area (TPSA) is 6.48 Å². The van der Waals surface area contributed by atoms with E-state index < -0.39 is 0 Å². The Morgan fingerprint density at radius 3 is 0.827 bits per heavy atom. The van der Waals surface area contributed by atoms with Gasteiger partial charge in [0.2, 0.25) is 0 Å². The van der Waals surface area contributed by atoms with Crippen molar-refractivity contribution in [2.24, 2.45) is 0 Å². The number of anilines is 6. The third-order valence-electron chi connectivity index (χ3n) is 9.92. The van der Waals surface area contributed by atoms with Crippen LogP contribution in [0.15, 0.2) is 170 Å². The SMILES string of the molecule is Cc1ccc(N(c2ccc(CCc3ccc(CCc4ccc(N(c5ccc(C)cc5)c5cccc(C)c5)cc4)cc3)cc2)c2cccc(C)c2)cc1. The molecule has 0 N–H and O–H groups in total. The molecule has 7 aromatic carbocycles. The van der Waals surface area contributed by atoms with Gasteiger partial charge < -0.3 is 9.80 Å². The molecule has 7 aromatic rings. The van der Waals surface area contributed by atoms with E-state index in [1.165, 1.54) is 78.6 Å². The van der Waals surface area contributed by atoms with E-state index in [-0.39, 0.29) is 0 Å². The number of hydrogen-bond donors (Lipinski definition) is 0. The van der Waals surface area contributed by atoms with Crippen LogP contribution in [0.5, 0.6) is 0 Å². The van der Waals surface area contributed by atoms with Gasteiger partial charge in [-0.1, -0.05) is 108 Å². The Labute approximate surface area is 310 Å². The molecule has 2 nitrogen and oxygen atoms in total. The number of benzene rings is 7. The van der Waals surface area contributed by atoms with Crippen molar-refractivity contribution < 1.29 is 0 Å². The third-order valence-corrected chi connectivity index (χ3v) is 9.92. The molecule has 2 heteroatoms. The summed E-state index contributed by atoms with van der Waals surface area (Å²) in [4.78, 5) is 4.68. The fraction of sp³-hybridized carbons (Fsp3) is 0.160. The Bertz CT molecular complexity index is 2030. The molecule has 0 saturated carbocycles. The molecule has 258 valence electrons. The van der Waals surface area contributed by atoms with Gasteiger partial charge >= 0.3 is 0 Å². The van der Waals surface area contributed by atoms with Crippen LogP contribution in [0.4, 0.5) is 34.1 Å². The lowest BCUT2D eigenvalue weighted by Gasteiger charge is -2.26. The van der Waals surface area contributed by atoms with Crippen molar-refractivity contribution in [3.8, 4) is 0 Å². The van der Waals surface area contributed by atoms with Gasteiger partial charge in [-0.3, -0.25) is 0 Å². The monoisotopic (exact) mass is 676 g/mol. The lowest BCUT2D eigenvalue weighted by atomic mass is 10.00. The molecule has 0 aliphatic carbocycles. The summed E-state index contributed by atoms with van der Waals surface area (Å²) in [5.41, 5.74) is 17.6. The van der Waals surface area contributed by atoms with Crippen LogP contribution in [0.3, 0.4) is 0 Å². The summed E-state index contributed by atoms with van der Waals surface area (Å²) in [5.74, 6) is 0. The van der Waals surface area contributed by atoms with Crippen LogP contribution in [0.2, 0.25) is 0 Å². The molecule has 0 radical (unpaired) electrons. The summed E-state index contributed by atoms with van der Waals surface area (Å²) >= 11 is 0. The first kappa shape index (κ1) is 34.6. The molecular weight excluding hydrogens is 629 g/mol. The maximum absolute atomic E-state index is 2.34. The van der Waals surface area contributed by atoms with Crippen LogP contribution in [-0.4, -0.2) is 0 Å². The van der Waals surface area contributed by atoms with E-state index in [2.05, 4.69) is 207 Å². The van der Waals surface area contributed by atoms with Crippen LogP contribution in [0.25, 0.3) is 0 Å². The van der Waals surface area contributed by atoms with Crippen molar-refractivity contribution in [1.82, 2.24) is 0 Å². The van der Waals surface area contributed by atoms with Crippen molar-refractivity contribution in [3.63, 3.8) is 0 Å². The van der Waals surface area contributed by atoms with E-state index in [1.807, 2.05) is 0 Å². The van der Waals surface area contributed by atoms with Crippen LogP contribution in [0, 0.1) is 27.7 Å². The first-order chi connectivity index (χ1) is 25.4. The van der Waals surface area contributed by atoms with E-state index in [9.17, 15) is 0 Å². The quantitative estimate of drug-likeness (QED) is 0.127. The first-order valence-electron chi connectivity index (χ1n) is 18.5. The predicted molar refractivity (Wildman–Crippen MR) is 222 cm³/mol. The van der Waals surface area contributed by atoms with E-state index in [1.54, 1.807) is 0 Å². The van der Waals surface area contributed by atoms with Crippen LogP contribution in [-0.2, 0) is 25.7 Å². The number of aryl methyl sites for hydroxylation is 8. The molecule has 0 heterocycles. The molecular formula is C50H48N2. The lowest BCUT2D eigenvalue weighted by Crippen LogP contribution is -2.10. The summed E-state index contributed by atoms with van der Waals surface area (Å²) < 4.78 is 0. The first-order valence-corrected chi connectivity index (χ1v) is 18.5. The smallest absolute Gasteiger partial charge is 0.0464 e. The van der Waals surface area contributed by atoms with E-state index >= 15 is 0 Å². The van der Waals surface area contributed by atoms with Gasteiger partial charge in [0, 0.05) is 34.1 Å². The van der Waals surface area contributed by atoms with E-state index in [4.69, 9.17) is 0 Å². The van der Waals surface area contributed by atoms with Crippen molar-refractivity contribution >= 4 is 34.1 Å². The van der Waals surface area contributed by atoms with Gasteiger partial charge in [-0.2, -0.15) is 0 Å². The highest BCUT2D eigenvalue weighted by molar-refractivity contribution is 5.78. The standard InChI is InChI=1S/C50H48N2/c1-37-11-27-45(28-12-37)51(49-9-5-7-39(3)35-49)47-31-23-43(24-32-47)21-19-41-15-17-42(18-16-41)20-22-44-25-33-48(34-26-44)52(46-29-13-38(2)14-30-46)50-10-6-8-40(4)36-50/h5-18,23-36H,19-22H2,1-4H3. The van der Waals surface area contributed by atoms with Gasteiger partial charge in [0.05, 0.1) is 0 Å². The number of hydrogen-bond acceptors (Lipinski definition) is 2. The molecule has 0 bridgehead atoms. The molecule has 0 aliphatic rings. The van der Waals surface area contributed by atoms with E-state index in [0.29, 0.717) is 0 Å². The van der Waals surface area contributed by atoms with Crippen molar-refractivity contribution in [2.45, 2.75) is 53.4 Å². The molecule has 0 atom stereocenters. The van der Waals surface area contributed by atoms with Gasteiger partial charge in [-0.15, -0.1) is 0 Å². The minimum absolute atomic E-state index is 1.02. The Hall–Kier alpha value is -5.86. The highest BCUT2D eigenvalue weighted by Gasteiger charge is 2.14. The van der Waals surface area contributed by atoms with Crippen molar-refractivity contribution in [3.05, 3.63) is 214 Å². The second-order valence-electron chi connectivity index (χ2n) is 14.2. The van der Waals surface area contributed by atoms with Gasteiger partial charge in [-0.25, -0.2) is 0 Å². The average molecular weight is 677 g/mol. The predicted octanol–water partition coefficient (Wildman–Crippen LogP) is 13.4. The van der Waals surface area contributed by atoms with E-state index in [0.717, 1.165) is 25.7 Å². The fourth-order valence-corrected chi connectivity index (χ4v) is 6.89. The Balaban J connectivity index is 0.964. The largest absolute Gasteiger partial charge is 0.310 e. The molecule has 7 rings (SSSR count). The van der Waals surface area contributed by atoms with Gasteiger partial charge in [-0.05, 0) is 160 Å². The minimum atomic E-state index is 1.02. The average Bonchev–Trinajstić information content (AvgIpc) is 3.16. The summed E-state index contributed by atoms with van der Waals surface area (Å²) in [6, 6.07) is 62.4. The highest BCUT2D eigenvalue weighted by atomic mass is 15.1. The zero-order chi connectivity index (χ0) is 35.9. The van der Waals surface area contributed by atoms with Crippen LogP contribution >= 0.6 is 0 Å². The summed E-state index contributed by atoms with van der Waals surface area (Å²) in [5, 5.41) is 0. The molecule has 0 amide bonds. The maximum atomic E-state index is 2.34. The number of nitrogens with zero attached hydrogens (tertiary/aromatic N) is 2. The molecule has 0 aromatic heterocycles. The van der Waals surface area contributed by atoms with Crippen LogP contribution < -0.4 is 9.80 Å². The Kier molecular flexibility index (Phi) is 10.6. The third kappa shape index (κ3) is 8.53. The summed E-state index contributed by atoms with van der Waals surface area (Å²) in [6.07, 6.45) is 4.09. The Morgan fingerprint density at radius 1 is 0.269 bits per heavy atom. The van der Waals surface area contributed by atoms with Crippen molar-refractivity contribution in [1.29, 1.82) is 0 Å². The van der Waals surface area contributed by atoms with Crippen LogP contribution in [0.1, 0.15) is 44.5 Å². The molecule has 52 heavy (non-hydrogen) atoms. The van der Waals surface area contributed by atoms with Gasteiger partial charge in [0.1, 0.15) is 0 Å². The molecule has 0 fully saturated rings. The number of rotatable bonds is 12. The minimum Gasteiger partial charge on any atom is -0.310 e. The van der Waals surface area contributed by atoms with Crippen molar-refractivity contribution in [2.75, 3.05) is 9.80 Å². The summed E-state index contributed by atoms with van der Waals surface area (Å²) in [7, 11) is 0. The molecule has 0 saturated heterocycles. The molecule has 0 aliphatic heterocycles. The zero-order valence-corrected chi connectivity index (χ0v) is 30.9. The highest BCUT2D eigenvalue weighted by Crippen LogP contribution is 2.36.